The third-order valence-corrected chi connectivity index (χ3v) is 8.44. The molecule has 2 aliphatic heterocycles. The molecule has 3 aromatic carbocycles. The standard InChI is InChI=1S/C33H40ClN3O5/c1-2-35-32(39)36-20-23-3-9-26(10-4-23)31-41-29(19-30(42-31)25-7-5-24(22-38)6-8-25)21-37-17-15-33(40,16-18-37)27-11-13-28(34)14-12-27/h3-14,29-31,38,40H,2,15-22H2,1H3,(H2,35,36,39)/t29-,30+,31+/m0/s1. The van der Waals surface area contributed by atoms with Gasteiger partial charge >= 0.3 is 6.03 Å². The Morgan fingerprint density at radius 1 is 0.929 bits per heavy atom. The highest BCUT2D eigenvalue weighted by Crippen LogP contribution is 2.39. The predicted molar refractivity (Wildman–Crippen MR) is 162 cm³/mol. The topological polar surface area (TPSA) is 103 Å². The van der Waals surface area contributed by atoms with E-state index in [9.17, 15) is 15.0 Å². The Hall–Kier alpha value is -2.98. The van der Waals surface area contributed by atoms with Gasteiger partial charge in [-0.2, -0.15) is 0 Å². The van der Waals surface area contributed by atoms with Crippen LogP contribution in [0.4, 0.5) is 4.79 Å². The molecule has 2 aliphatic rings. The Kier molecular flexibility index (Phi) is 10.2. The van der Waals surface area contributed by atoms with Gasteiger partial charge in [0.15, 0.2) is 6.29 Å². The van der Waals surface area contributed by atoms with Crippen molar-refractivity contribution in [2.24, 2.45) is 0 Å². The Balaban J connectivity index is 1.26. The molecule has 4 N–H and O–H groups in total. The van der Waals surface area contributed by atoms with Crippen LogP contribution in [0.25, 0.3) is 0 Å². The summed E-state index contributed by atoms with van der Waals surface area (Å²) in [6.07, 6.45) is 1.18. The number of likely N-dealkylation sites (tertiary alicyclic amines) is 1. The molecule has 0 radical (unpaired) electrons. The van der Waals surface area contributed by atoms with Crippen LogP contribution in [0.1, 0.15) is 66.4 Å². The molecule has 8 nitrogen and oxygen atoms in total. The third kappa shape index (κ3) is 7.69. The molecule has 2 saturated heterocycles. The highest BCUT2D eigenvalue weighted by molar-refractivity contribution is 6.30. The quantitative estimate of drug-likeness (QED) is 0.273. The Labute approximate surface area is 252 Å². The highest BCUT2D eigenvalue weighted by atomic mass is 35.5. The number of benzene rings is 3. The van der Waals surface area contributed by atoms with E-state index in [4.69, 9.17) is 21.1 Å². The summed E-state index contributed by atoms with van der Waals surface area (Å²) in [6, 6.07) is 23.1. The zero-order valence-corrected chi connectivity index (χ0v) is 24.7. The van der Waals surface area contributed by atoms with Gasteiger partial charge in [-0.05, 0) is 54.2 Å². The number of hydrogen-bond acceptors (Lipinski definition) is 6. The average molecular weight is 594 g/mol. The van der Waals surface area contributed by atoms with E-state index in [1.165, 1.54) is 0 Å². The maximum Gasteiger partial charge on any atom is 0.315 e. The van der Waals surface area contributed by atoms with Crippen molar-refractivity contribution in [3.63, 3.8) is 0 Å². The van der Waals surface area contributed by atoms with Crippen molar-refractivity contribution in [1.82, 2.24) is 15.5 Å². The first-order valence-corrected chi connectivity index (χ1v) is 15.0. The van der Waals surface area contributed by atoms with Gasteiger partial charge in [-0.25, -0.2) is 4.79 Å². The molecule has 0 bridgehead atoms. The van der Waals surface area contributed by atoms with Gasteiger partial charge in [0, 0.05) is 49.7 Å². The first-order chi connectivity index (χ1) is 20.3. The molecular weight excluding hydrogens is 554 g/mol. The molecule has 5 rings (SSSR count). The zero-order valence-electron chi connectivity index (χ0n) is 24.0. The number of piperidine rings is 1. The molecule has 42 heavy (non-hydrogen) atoms. The summed E-state index contributed by atoms with van der Waals surface area (Å²) in [5, 5.41) is 27.1. The second kappa shape index (κ2) is 14.0. The van der Waals surface area contributed by atoms with Gasteiger partial charge in [-0.3, -0.25) is 0 Å². The van der Waals surface area contributed by atoms with Crippen molar-refractivity contribution in [3.8, 4) is 0 Å². The van der Waals surface area contributed by atoms with Gasteiger partial charge in [0.25, 0.3) is 0 Å². The summed E-state index contributed by atoms with van der Waals surface area (Å²) in [6.45, 7) is 5.13. The fourth-order valence-electron chi connectivity index (χ4n) is 5.67. The number of halogens is 1. The molecule has 9 heteroatoms. The molecule has 3 atom stereocenters. The Morgan fingerprint density at radius 3 is 2.21 bits per heavy atom. The maximum atomic E-state index is 11.8. The molecule has 0 aromatic heterocycles. The largest absolute Gasteiger partial charge is 0.392 e. The van der Waals surface area contributed by atoms with Gasteiger partial charge in [-0.1, -0.05) is 72.3 Å². The molecule has 0 aliphatic carbocycles. The minimum Gasteiger partial charge on any atom is -0.392 e. The van der Waals surface area contributed by atoms with E-state index in [-0.39, 0.29) is 24.8 Å². The second-order valence-corrected chi connectivity index (χ2v) is 11.6. The van der Waals surface area contributed by atoms with E-state index in [1.54, 1.807) is 0 Å². The fraction of sp³-hybridized carbons (Fsp3) is 0.424. The van der Waals surface area contributed by atoms with Crippen molar-refractivity contribution in [1.29, 1.82) is 0 Å². The number of rotatable bonds is 9. The molecule has 0 saturated carbocycles. The van der Waals surface area contributed by atoms with E-state index in [0.717, 1.165) is 47.5 Å². The summed E-state index contributed by atoms with van der Waals surface area (Å²) >= 11 is 6.06. The Morgan fingerprint density at radius 2 is 1.57 bits per heavy atom. The summed E-state index contributed by atoms with van der Waals surface area (Å²) in [5.74, 6) is 0. The minimum atomic E-state index is -0.856. The second-order valence-electron chi connectivity index (χ2n) is 11.1. The number of aliphatic hydroxyl groups excluding tert-OH is 1. The monoisotopic (exact) mass is 593 g/mol. The van der Waals surface area contributed by atoms with Crippen LogP contribution in [0, 0.1) is 0 Å². The number of nitrogens with zero attached hydrogens (tertiary/aromatic N) is 1. The third-order valence-electron chi connectivity index (χ3n) is 8.18. The summed E-state index contributed by atoms with van der Waals surface area (Å²) in [5.41, 5.74) is 3.85. The summed E-state index contributed by atoms with van der Waals surface area (Å²) in [7, 11) is 0. The maximum absolute atomic E-state index is 11.8. The van der Waals surface area contributed by atoms with Crippen molar-refractivity contribution in [2.75, 3.05) is 26.2 Å². The molecular formula is C33H40ClN3O5. The lowest BCUT2D eigenvalue weighted by Gasteiger charge is -2.42. The molecule has 0 spiro atoms. The molecule has 3 aromatic rings. The number of amides is 2. The van der Waals surface area contributed by atoms with Crippen LogP contribution in [0.5, 0.6) is 0 Å². The highest BCUT2D eigenvalue weighted by Gasteiger charge is 2.37. The van der Waals surface area contributed by atoms with Gasteiger partial charge in [0.1, 0.15) is 0 Å². The van der Waals surface area contributed by atoms with Crippen LogP contribution in [-0.4, -0.2) is 53.4 Å². The first kappa shape index (κ1) is 30.5. The average Bonchev–Trinajstić information content (AvgIpc) is 3.02. The van der Waals surface area contributed by atoms with E-state index >= 15 is 0 Å². The number of carbonyl (C=O) groups is 1. The van der Waals surface area contributed by atoms with Crippen LogP contribution in [0.15, 0.2) is 72.8 Å². The number of urea groups is 1. The summed E-state index contributed by atoms with van der Waals surface area (Å²) in [4.78, 5) is 14.1. The normalized spacial score (nSPS) is 22.4. The lowest BCUT2D eigenvalue weighted by molar-refractivity contribution is -0.253. The van der Waals surface area contributed by atoms with Crippen molar-refractivity contribution < 1.29 is 24.5 Å². The van der Waals surface area contributed by atoms with Crippen molar-refractivity contribution >= 4 is 17.6 Å². The van der Waals surface area contributed by atoms with Crippen molar-refractivity contribution in [2.45, 2.75) is 63.4 Å². The fourth-order valence-corrected chi connectivity index (χ4v) is 5.80. The molecule has 224 valence electrons. The van der Waals surface area contributed by atoms with E-state index in [2.05, 4.69) is 15.5 Å². The lowest BCUT2D eigenvalue weighted by Crippen LogP contribution is -2.46. The minimum absolute atomic E-state index is 0.00119. The number of ether oxygens (including phenoxy) is 2. The number of carbonyl (C=O) groups excluding carboxylic acids is 1. The Bertz CT molecular complexity index is 1290. The predicted octanol–water partition coefficient (Wildman–Crippen LogP) is 5.18. The van der Waals surface area contributed by atoms with E-state index in [1.807, 2.05) is 79.7 Å². The van der Waals surface area contributed by atoms with Crippen LogP contribution >= 0.6 is 11.6 Å². The molecule has 2 fully saturated rings. The van der Waals surface area contributed by atoms with Crippen LogP contribution in [0.2, 0.25) is 5.02 Å². The van der Waals surface area contributed by atoms with Gasteiger partial charge in [-0.15, -0.1) is 0 Å². The number of nitrogens with one attached hydrogen (secondary N) is 2. The zero-order chi connectivity index (χ0) is 29.5. The van der Waals surface area contributed by atoms with Gasteiger partial charge in [0.2, 0.25) is 0 Å². The molecule has 2 amide bonds. The number of aliphatic hydroxyl groups is 2. The van der Waals surface area contributed by atoms with Gasteiger partial charge < -0.3 is 35.2 Å². The SMILES string of the molecule is CCNC(=O)NCc1ccc([C@@H]2O[C@H](CN3CCC(O)(c4ccc(Cl)cc4)CC3)C[C@H](c3ccc(CO)cc3)O2)cc1. The number of hydrogen-bond donors (Lipinski definition) is 4. The first-order valence-electron chi connectivity index (χ1n) is 14.7. The van der Waals surface area contributed by atoms with E-state index < -0.39 is 11.9 Å². The van der Waals surface area contributed by atoms with Crippen LogP contribution in [-0.2, 0) is 28.2 Å². The smallest absolute Gasteiger partial charge is 0.315 e. The molecule has 0 unspecified atom stereocenters. The van der Waals surface area contributed by atoms with Crippen molar-refractivity contribution in [3.05, 3.63) is 106 Å². The van der Waals surface area contributed by atoms with E-state index in [0.29, 0.717) is 37.4 Å². The van der Waals surface area contributed by atoms with Gasteiger partial charge in [0.05, 0.1) is 24.4 Å². The lowest BCUT2D eigenvalue weighted by atomic mass is 9.84. The molecule has 2 heterocycles. The van der Waals surface area contributed by atoms with Crippen LogP contribution < -0.4 is 10.6 Å². The van der Waals surface area contributed by atoms with Crippen LogP contribution in [0.3, 0.4) is 0 Å². The summed E-state index contributed by atoms with van der Waals surface area (Å²) < 4.78 is 13.0.